The number of ether oxygens (including phenoxy) is 1. The molecule has 2 rings (SSSR count). The third kappa shape index (κ3) is 2.01. The van der Waals surface area contributed by atoms with Crippen molar-refractivity contribution >= 4 is 17.6 Å². The van der Waals surface area contributed by atoms with Crippen LogP contribution in [-0.2, 0) is 10.3 Å². The summed E-state index contributed by atoms with van der Waals surface area (Å²) in [5.41, 5.74) is 5.55. The predicted molar refractivity (Wildman–Crippen MR) is 58.1 cm³/mol. The van der Waals surface area contributed by atoms with E-state index in [0.29, 0.717) is 5.82 Å². The van der Waals surface area contributed by atoms with E-state index in [1.54, 1.807) is 6.92 Å². The predicted octanol–water partition coefficient (Wildman–Crippen LogP) is 1.25. The van der Waals surface area contributed by atoms with Crippen LogP contribution in [0.15, 0.2) is 6.20 Å². The first-order valence-electron chi connectivity index (χ1n) is 5.06. The van der Waals surface area contributed by atoms with Crippen molar-refractivity contribution < 1.29 is 9.53 Å². The van der Waals surface area contributed by atoms with Gasteiger partial charge < -0.3 is 10.5 Å². The van der Waals surface area contributed by atoms with Crippen molar-refractivity contribution in [2.75, 3.05) is 6.61 Å². The molecule has 16 heavy (non-hydrogen) atoms. The average molecular weight is 242 g/mol. The lowest BCUT2D eigenvalue weighted by Crippen LogP contribution is -2.23. The van der Waals surface area contributed by atoms with Crippen LogP contribution >= 0.6 is 11.6 Å². The highest BCUT2D eigenvalue weighted by Crippen LogP contribution is 2.40. The molecule has 1 saturated carbocycles. The first-order chi connectivity index (χ1) is 7.57. The smallest absolute Gasteiger partial charge is 0.358 e. The number of carbonyl (C=O) groups is 1. The Morgan fingerprint density at radius 3 is 2.94 bits per heavy atom. The molecular formula is C10H12ClN3O2. The van der Waals surface area contributed by atoms with Gasteiger partial charge >= 0.3 is 5.97 Å². The topological polar surface area (TPSA) is 78.1 Å². The molecule has 5 nitrogen and oxygen atoms in total. The fraction of sp³-hybridized carbons (Fsp3) is 0.500. The molecule has 0 bridgehead atoms. The number of aromatic nitrogens is 2. The number of nitrogens with zero attached hydrogens (tertiary/aromatic N) is 2. The lowest BCUT2D eigenvalue weighted by molar-refractivity contribution is 0.0519. The fourth-order valence-electron chi connectivity index (χ4n) is 1.31. The zero-order valence-electron chi connectivity index (χ0n) is 8.86. The lowest BCUT2D eigenvalue weighted by atomic mass is 10.2. The third-order valence-corrected chi connectivity index (χ3v) is 2.72. The maximum Gasteiger partial charge on any atom is 0.358 e. The van der Waals surface area contributed by atoms with Crippen molar-refractivity contribution in [2.24, 2.45) is 5.73 Å². The quantitative estimate of drug-likeness (QED) is 0.806. The van der Waals surface area contributed by atoms with Crippen LogP contribution in [0.25, 0.3) is 0 Å². The van der Waals surface area contributed by atoms with E-state index in [2.05, 4.69) is 9.97 Å². The SMILES string of the molecule is CCOC(=O)c1nc(C2(N)CC2)ncc1Cl. The van der Waals surface area contributed by atoms with Gasteiger partial charge in [-0.2, -0.15) is 0 Å². The first-order valence-corrected chi connectivity index (χ1v) is 5.43. The summed E-state index contributed by atoms with van der Waals surface area (Å²) in [4.78, 5) is 19.6. The highest BCUT2D eigenvalue weighted by molar-refractivity contribution is 6.33. The second-order valence-electron chi connectivity index (χ2n) is 3.77. The molecule has 0 aliphatic heterocycles. The van der Waals surface area contributed by atoms with E-state index in [-0.39, 0.29) is 17.3 Å². The van der Waals surface area contributed by atoms with Crippen molar-refractivity contribution in [3.63, 3.8) is 0 Å². The number of nitrogens with two attached hydrogens (primary N) is 1. The Balaban J connectivity index is 2.33. The van der Waals surface area contributed by atoms with E-state index in [9.17, 15) is 4.79 Å². The Labute approximate surface area is 98.0 Å². The van der Waals surface area contributed by atoms with Gasteiger partial charge in [0.05, 0.1) is 23.4 Å². The Kier molecular flexibility index (Phi) is 2.82. The van der Waals surface area contributed by atoms with E-state index >= 15 is 0 Å². The highest BCUT2D eigenvalue weighted by atomic mass is 35.5. The minimum Gasteiger partial charge on any atom is -0.461 e. The molecule has 1 aromatic rings. The highest BCUT2D eigenvalue weighted by Gasteiger charge is 2.43. The van der Waals surface area contributed by atoms with Gasteiger partial charge in [0.2, 0.25) is 0 Å². The molecule has 0 spiro atoms. The van der Waals surface area contributed by atoms with Crippen LogP contribution in [0.4, 0.5) is 0 Å². The van der Waals surface area contributed by atoms with Gasteiger partial charge in [0.15, 0.2) is 5.69 Å². The molecule has 1 aromatic heterocycles. The maximum absolute atomic E-state index is 11.5. The van der Waals surface area contributed by atoms with Gasteiger partial charge in [0.1, 0.15) is 5.82 Å². The van der Waals surface area contributed by atoms with Gasteiger partial charge in [0, 0.05) is 0 Å². The minimum atomic E-state index is -0.541. The Morgan fingerprint density at radius 2 is 2.38 bits per heavy atom. The first kappa shape index (κ1) is 11.3. The summed E-state index contributed by atoms with van der Waals surface area (Å²) in [5.74, 6) is -0.0830. The Hall–Kier alpha value is -1.20. The van der Waals surface area contributed by atoms with Gasteiger partial charge in [-0.3, -0.25) is 0 Å². The monoisotopic (exact) mass is 241 g/mol. The second kappa shape index (κ2) is 3.99. The molecule has 0 radical (unpaired) electrons. The minimum absolute atomic E-state index is 0.0882. The number of rotatable bonds is 3. The number of halogens is 1. The molecule has 0 atom stereocenters. The second-order valence-corrected chi connectivity index (χ2v) is 4.17. The molecule has 0 aromatic carbocycles. The zero-order valence-corrected chi connectivity index (χ0v) is 9.62. The largest absolute Gasteiger partial charge is 0.461 e. The van der Waals surface area contributed by atoms with Gasteiger partial charge in [-0.15, -0.1) is 0 Å². The van der Waals surface area contributed by atoms with Crippen LogP contribution in [0.1, 0.15) is 36.1 Å². The number of carbonyl (C=O) groups excluding carboxylic acids is 1. The van der Waals surface area contributed by atoms with Crippen LogP contribution in [0, 0.1) is 0 Å². The van der Waals surface area contributed by atoms with Crippen LogP contribution in [0.5, 0.6) is 0 Å². The van der Waals surface area contributed by atoms with Gasteiger partial charge in [-0.25, -0.2) is 14.8 Å². The molecule has 0 unspecified atom stereocenters. The van der Waals surface area contributed by atoms with Crippen molar-refractivity contribution in [3.8, 4) is 0 Å². The fourth-order valence-corrected chi connectivity index (χ4v) is 1.48. The number of hydrogen-bond donors (Lipinski definition) is 1. The molecule has 1 aliphatic rings. The molecule has 1 heterocycles. The van der Waals surface area contributed by atoms with Crippen molar-refractivity contribution in [2.45, 2.75) is 25.3 Å². The number of hydrogen-bond acceptors (Lipinski definition) is 5. The zero-order chi connectivity index (χ0) is 11.8. The van der Waals surface area contributed by atoms with E-state index in [1.165, 1.54) is 6.20 Å². The van der Waals surface area contributed by atoms with E-state index in [4.69, 9.17) is 22.1 Å². The molecule has 6 heteroatoms. The van der Waals surface area contributed by atoms with E-state index < -0.39 is 11.5 Å². The summed E-state index contributed by atoms with van der Waals surface area (Å²) >= 11 is 5.83. The molecule has 0 amide bonds. The summed E-state index contributed by atoms with van der Waals surface area (Å²) in [7, 11) is 0. The molecule has 2 N–H and O–H groups in total. The van der Waals surface area contributed by atoms with Crippen molar-refractivity contribution in [1.82, 2.24) is 9.97 Å². The molecule has 1 fully saturated rings. The standard InChI is InChI=1S/C10H12ClN3O2/c1-2-16-8(15)7-6(11)5-13-9(14-7)10(12)3-4-10/h5H,2-4,12H2,1H3. The summed E-state index contributed by atoms with van der Waals surface area (Å²) < 4.78 is 4.84. The van der Waals surface area contributed by atoms with Crippen LogP contribution in [0.3, 0.4) is 0 Å². The normalized spacial score (nSPS) is 16.9. The summed E-state index contributed by atoms with van der Waals surface area (Å²) in [6.45, 7) is 2.00. The maximum atomic E-state index is 11.5. The lowest BCUT2D eigenvalue weighted by Gasteiger charge is -2.09. The van der Waals surface area contributed by atoms with Crippen molar-refractivity contribution in [3.05, 3.63) is 22.7 Å². The molecule has 86 valence electrons. The molecule has 0 saturated heterocycles. The summed E-state index contributed by atoms with van der Waals surface area (Å²) in [6.07, 6.45) is 3.05. The van der Waals surface area contributed by atoms with E-state index in [1.807, 2.05) is 0 Å². The third-order valence-electron chi connectivity index (χ3n) is 2.45. The average Bonchev–Trinajstić information content (AvgIpc) is 2.98. The van der Waals surface area contributed by atoms with Crippen LogP contribution in [0.2, 0.25) is 5.02 Å². The van der Waals surface area contributed by atoms with Crippen molar-refractivity contribution in [1.29, 1.82) is 0 Å². The van der Waals surface area contributed by atoms with Crippen LogP contribution < -0.4 is 5.73 Å². The van der Waals surface area contributed by atoms with Gasteiger partial charge in [-0.1, -0.05) is 11.6 Å². The van der Waals surface area contributed by atoms with Crippen LogP contribution in [-0.4, -0.2) is 22.5 Å². The van der Waals surface area contributed by atoms with Gasteiger partial charge in [-0.05, 0) is 19.8 Å². The Bertz CT molecular complexity index is 432. The van der Waals surface area contributed by atoms with Gasteiger partial charge in [0.25, 0.3) is 0 Å². The Morgan fingerprint density at radius 1 is 1.69 bits per heavy atom. The van der Waals surface area contributed by atoms with E-state index in [0.717, 1.165) is 12.8 Å². The summed E-state index contributed by atoms with van der Waals surface area (Å²) in [6, 6.07) is 0. The number of esters is 1. The molecular weight excluding hydrogens is 230 g/mol. The molecule has 1 aliphatic carbocycles. The summed E-state index contributed by atoms with van der Waals surface area (Å²) in [5, 5.41) is 0.187.